The summed E-state index contributed by atoms with van der Waals surface area (Å²) in [5.41, 5.74) is -0.824. The van der Waals surface area contributed by atoms with Gasteiger partial charge in [0.05, 0.1) is 5.75 Å². The second-order valence-corrected chi connectivity index (χ2v) is 4.64. The average Bonchev–Trinajstić information content (AvgIpc) is 2.30. The van der Waals surface area contributed by atoms with Gasteiger partial charge >= 0.3 is 5.97 Å². The van der Waals surface area contributed by atoms with Crippen molar-refractivity contribution in [3.05, 3.63) is 35.9 Å². The Morgan fingerprint density at radius 1 is 1.35 bits per heavy atom. The molecule has 0 aromatic heterocycles. The van der Waals surface area contributed by atoms with Gasteiger partial charge in [-0.05, 0) is 18.7 Å². The van der Waals surface area contributed by atoms with Crippen molar-refractivity contribution >= 4 is 23.6 Å². The number of hydrogen-bond acceptors (Lipinski definition) is 3. The lowest BCUT2D eigenvalue weighted by Gasteiger charge is -2.26. The zero-order valence-electron chi connectivity index (χ0n) is 9.77. The van der Waals surface area contributed by atoms with E-state index in [-0.39, 0.29) is 11.7 Å². The molecule has 0 aliphatic heterocycles. The smallest absolute Gasteiger partial charge is 0.333 e. The summed E-state index contributed by atoms with van der Waals surface area (Å²) in [5.74, 6) is -1.11. The summed E-state index contributed by atoms with van der Waals surface area (Å²) in [7, 11) is 0. The summed E-state index contributed by atoms with van der Waals surface area (Å²) in [5, 5.41) is 11.8. The van der Waals surface area contributed by atoms with Crippen LogP contribution in [0, 0.1) is 0 Å². The fourth-order valence-corrected chi connectivity index (χ4v) is 1.80. The first kappa shape index (κ1) is 13.6. The van der Waals surface area contributed by atoms with E-state index >= 15 is 0 Å². The Morgan fingerprint density at radius 3 is 2.41 bits per heavy atom. The Hall–Kier alpha value is -1.49. The maximum atomic E-state index is 11.5. The van der Waals surface area contributed by atoms with Gasteiger partial charge in [0.1, 0.15) is 0 Å². The molecule has 2 N–H and O–H groups in total. The molecule has 92 valence electrons. The highest BCUT2D eigenvalue weighted by Crippen LogP contribution is 2.20. The van der Waals surface area contributed by atoms with E-state index in [9.17, 15) is 14.7 Å². The second kappa shape index (κ2) is 5.72. The highest BCUT2D eigenvalue weighted by Gasteiger charge is 2.36. The molecule has 1 aromatic rings. The van der Waals surface area contributed by atoms with Gasteiger partial charge in [-0.2, -0.15) is 11.8 Å². The number of hydrogen-bond donors (Lipinski definition) is 2. The fraction of sp³-hybridized carbons (Fsp3) is 0.333. The molecule has 0 spiro atoms. The molecule has 17 heavy (non-hydrogen) atoms. The predicted molar refractivity (Wildman–Crippen MR) is 68.0 cm³/mol. The van der Waals surface area contributed by atoms with Crippen LogP contribution in [0.3, 0.4) is 0 Å². The number of carbonyl (C=O) groups is 2. The van der Waals surface area contributed by atoms with E-state index in [1.165, 1.54) is 18.7 Å². The summed E-state index contributed by atoms with van der Waals surface area (Å²) in [4.78, 5) is 22.9. The molecule has 0 bridgehead atoms. The third kappa shape index (κ3) is 3.23. The molecule has 1 aromatic carbocycles. The second-order valence-electron chi connectivity index (χ2n) is 3.78. The van der Waals surface area contributed by atoms with E-state index in [0.717, 1.165) is 0 Å². The van der Waals surface area contributed by atoms with Crippen molar-refractivity contribution in [1.82, 2.24) is 5.32 Å². The maximum Gasteiger partial charge on any atom is 0.333 e. The van der Waals surface area contributed by atoms with Crippen LogP contribution in [0.25, 0.3) is 0 Å². The molecular weight excluding hydrogens is 238 g/mol. The fourth-order valence-electron chi connectivity index (χ4n) is 1.47. The van der Waals surface area contributed by atoms with E-state index in [0.29, 0.717) is 5.56 Å². The largest absolute Gasteiger partial charge is 0.479 e. The summed E-state index contributed by atoms with van der Waals surface area (Å²) in [6, 6.07) is 8.67. The minimum atomic E-state index is -1.38. The number of rotatable bonds is 5. The van der Waals surface area contributed by atoms with Gasteiger partial charge in [0.15, 0.2) is 5.54 Å². The molecule has 0 heterocycles. The zero-order valence-corrected chi connectivity index (χ0v) is 10.6. The monoisotopic (exact) mass is 253 g/mol. The Balaban J connectivity index is 2.99. The molecule has 1 rings (SSSR count). The molecule has 0 aliphatic rings. The lowest BCUT2D eigenvalue weighted by atomic mass is 9.92. The summed E-state index contributed by atoms with van der Waals surface area (Å²) < 4.78 is 0. The first-order valence-electron chi connectivity index (χ1n) is 5.09. The quantitative estimate of drug-likeness (QED) is 0.834. The van der Waals surface area contributed by atoms with Crippen LogP contribution in [-0.2, 0) is 15.1 Å². The normalized spacial score (nSPS) is 13.8. The van der Waals surface area contributed by atoms with Crippen LogP contribution in [0.1, 0.15) is 12.5 Å². The van der Waals surface area contributed by atoms with Crippen LogP contribution in [0.4, 0.5) is 0 Å². The molecule has 1 atom stereocenters. The predicted octanol–water partition coefficient (Wildman–Crippen LogP) is 1.47. The molecular formula is C12H15NO3S. The number of carbonyl (C=O) groups excluding carboxylic acids is 1. The SMILES string of the molecule is CSCC(=O)NC(C)(C(=O)O)c1ccccc1. The minimum Gasteiger partial charge on any atom is -0.479 e. The van der Waals surface area contributed by atoms with Crippen molar-refractivity contribution in [2.45, 2.75) is 12.5 Å². The van der Waals surface area contributed by atoms with E-state index in [1.807, 2.05) is 0 Å². The molecule has 1 unspecified atom stereocenters. The third-order valence-corrected chi connectivity index (χ3v) is 2.99. The number of amides is 1. The summed E-state index contributed by atoms with van der Waals surface area (Å²) in [6.07, 6.45) is 1.79. The van der Waals surface area contributed by atoms with Gasteiger partial charge < -0.3 is 10.4 Å². The van der Waals surface area contributed by atoms with Crippen LogP contribution in [0.2, 0.25) is 0 Å². The Bertz CT molecular complexity index is 407. The number of aliphatic carboxylic acids is 1. The lowest BCUT2D eigenvalue weighted by molar-refractivity contribution is -0.147. The van der Waals surface area contributed by atoms with Gasteiger partial charge in [0.25, 0.3) is 0 Å². The molecule has 0 fully saturated rings. The standard InChI is InChI=1S/C12H15NO3S/c1-12(11(15)16,13-10(14)8-17-2)9-6-4-3-5-7-9/h3-7H,8H2,1-2H3,(H,13,14)(H,15,16). The van der Waals surface area contributed by atoms with Gasteiger partial charge in [-0.15, -0.1) is 0 Å². The number of benzene rings is 1. The van der Waals surface area contributed by atoms with Crippen molar-refractivity contribution in [3.63, 3.8) is 0 Å². The highest BCUT2D eigenvalue weighted by atomic mass is 32.2. The van der Waals surface area contributed by atoms with E-state index in [2.05, 4.69) is 5.32 Å². The van der Waals surface area contributed by atoms with Crippen molar-refractivity contribution in [3.8, 4) is 0 Å². The van der Waals surface area contributed by atoms with Crippen LogP contribution in [0.5, 0.6) is 0 Å². The zero-order chi connectivity index (χ0) is 12.9. The molecule has 4 nitrogen and oxygen atoms in total. The Morgan fingerprint density at radius 2 is 1.94 bits per heavy atom. The Kier molecular flexibility index (Phi) is 4.57. The summed E-state index contributed by atoms with van der Waals surface area (Å²) >= 11 is 1.35. The van der Waals surface area contributed by atoms with Gasteiger partial charge in [0, 0.05) is 0 Å². The molecule has 0 saturated heterocycles. The average molecular weight is 253 g/mol. The molecule has 0 saturated carbocycles. The van der Waals surface area contributed by atoms with Crippen molar-refractivity contribution < 1.29 is 14.7 Å². The number of carboxylic acid groups (broad SMARTS) is 1. The number of carboxylic acids is 1. The first-order valence-corrected chi connectivity index (χ1v) is 6.49. The summed E-state index contributed by atoms with van der Waals surface area (Å²) in [6.45, 7) is 1.49. The minimum absolute atomic E-state index is 0.246. The van der Waals surface area contributed by atoms with E-state index in [1.54, 1.807) is 36.6 Å². The maximum absolute atomic E-state index is 11.5. The van der Waals surface area contributed by atoms with E-state index in [4.69, 9.17) is 0 Å². The van der Waals surface area contributed by atoms with E-state index < -0.39 is 11.5 Å². The van der Waals surface area contributed by atoms with Crippen molar-refractivity contribution in [2.24, 2.45) is 0 Å². The Labute approximate surface area is 104 Å². The first-order chi connectivity index (χ1) is 8.00. The van der Waals surface area contributed by atoms with Gasteiger partial charge in [0.2, 0.25) is 5.91 Å². The lowest BCUT2D eigenvalue weighted by Crippen LogP contribution is -2.50. The highest BCUT2D eigenvalue weighted by molar-refractivity contribution is 7.99. The van der Waals surface area contributed by atoms with Crippen LogP contribution >= 0.6 is 11.8 Å². The van der Waals surface area contributed by atoms with Gasteiger partial charge in [-0.25, -0.2) is 4.79 Å². The third-order valence-electron chi connectivity index (χ3n) is 2.44. The van der Waals surface area contributed by atoms with Crippen LogP contribution < -0.4 is 5.32 Å². The molecule has 5 heteroatoms. The van der Waals surface area contributed by atoms with Crippen LogP contribution in [-0.4, -0.2) is 29.0 Å². The molecule has 0 radical (unpaired) electrons. The van der Waals surface area contributed by atoms with Gasteiger partial charge in [-0.3, -0.25) is 4.79 Å². The molecule has 0 aliphatic carbocycles. The van der Waals surface area contributed by atoms with Crippen molar-refractivity contribution in [1.29, 1.82) is 0 Å². The number of thioether (sulfide) groups is 1. The van der Waals surface area contributed by atoms with Crippen LogP contribution in [0.15, 0.2) is 30.3 Å². The number of nitrogens with one attached hydrogen (secondary N) is 1. The van der Waals surface area contributed by atoms with Crippen molar-refractivity contribution in [2.75, 3.05) is 12.0 Å². The topological polar surface area (TPSA) is 66.4 Å². The van der Waals surface area contributed by atoms with Gasteiger partial charge in [-0.1, -0.05) is 30.3 Å². The molecule has 1 amide bonds.